The SMILES string of the molecule is C[C@@H]1CCCN1C.Cl. The van der Waals surface area contributed by atoms with Crippen LogP contribution in [0.5, 0.6) is 0 Å². The van der Waals surface area contributed by atoms with Gasteiger partial charge < -0.3 is 4.90 Å². The van der Waals surface area contributed by atoms with E-state index in [4.69, 9.17) is 0 Å². The van der Waals surface area contributed by atoms with Gasteiger partial charge in [-0.2, -0.15) is 0 Å². The number of halogens is 1. The summed E-state index contributed by atoms with van der Waals surface area (Å²) in [6, 6.07) is 0.847. The maximum absolute atomic E-state index is 2.40. The fourth-order valence-electron chi connectivity index (χ4n) is 1.08. The maximum atomic E-state index is 2.40. The molecule has 0 aromatic carbocycles. The maximum Gasteiger partial charge on any atom is 0.00643 e. The molecule has 0 unspecified atom stereocenters. The highest BCUT2D eigenvalue weighted by Crippen LogP contribution is 2.12. The van der Waals surface area contributed by atoms with Crippen LogP contribution < -0.4 is 0 Å². The monoisotopic (exact) mass is 135 g/mol. The van der Waals surface area contributed by atoms with Crippen LogP contribution >= 0.6 is 12.4 Å². The van der Waals surface area contributed by atoms with Crippen molar-refractivity contribution in [2.45, 2.75) is 25.8 Å². The molecule has 1 atom stereocenters. The minimum atomic E-state index is 0. The Kier molecular flexibility index (Phi) is 3.41. The van der Waals surface area contributed by atoms with Crippen LogP contribution in [0.4, 0.5) is 0 Å². The van der Waals surface area contributed by atoms with E-state index >= 15 is 0 Å². The van der Waals surface area contributed by atoms with Crippen LogP contribution in [0.15, 0.2) is 0 Å². The summed E-state index contributed by atoms with van der Waals surface area (Å²) in [6.07, 6.45) is 2.80. The Morgan fingerprint density at radius 2 is 2.12 bits per heavy atom. The molecule has 1 aliphatic rings. The Balaban J connectivity index is 0.000000490. The highest BCUT2D eigenvalue weighted by Gasteiger charge is 2.14. The molecule has 1 nitrogen and oxygen atoms in total. The average molecular weight is 136 g/mol. The molecule has 0 N–H and O–H groups in total. The summed E-state index contributed by atoms with van der Waals surface area (Å²) in [7, 11) is 2.19. The molecule has 0 saturated carbocycles. The molecule has 0 bridgehead atoms. The van der Waals surface area contributed by atoms with Crippen LogP contribution in [0.3, 0.4) is 0 Å². The van der Waals surface area contributed by atoms with Gasteiger partial charge in [-0.05, 0) is 33.4 Å². The summed E-state index contributed by atoms with van der Waals surface area (Å²) in [6.45, 7) is 3.59. The number of rotatable bonds is 0. The van der Waals surface area contributed by atoms with Crippen molar-refractivity contribution < 1.29 is 0 Å². The molecule has 1 rings (SSSR count). The topological polar surface area (TPSA) is 3.24 Å². The van der Waals surface area contributed by atoms with E-state index in [0.717, 1.165) is 6.04 Å². The standard InChI is InChI=1S/C6H13N.ClH/c1-6-4-3-5-7(6)2;/h6H,3-5H2,1-2H3;1H/t6-;/m1./s1. The molecular formula is C6H14ClN. The van der Waals surface area contributed by atoms with E-state index in [9.17, 15) is 0 Å². The zero-order valence-electron chi connectivity index (χ0n) is 5.55. The first-order valence-corrected chi connectivity index (χ1v) is 3.01. The first-order chi connectivity index (χ1) is 3.30. The molecule has 2 heteroatoms. The van der Waals surface area contributed by atoms with Crippen molar-refractivity contribution in [3.8, 4) is 0 Å². The fourth-order valence-corrected chi connectivity index (χ4v) is 1.08. The first kappa shape index (κ1) is 8.25. The third-order valence-electron chi connectivity index (χ3n) is 1.89. The largest absolute Gasteiger partial charge is 0.304 e. The molecule has 0 radical (unpaired) electrons. The molecule has 0 spiro atoms. The van der Waals surface area contributed by atoms with Gasteiger partial charge in [0.15, 0.2) is 0 Å². The molecular weight excluding hydrogens is 122 g/mol. The average Bonchev–Trinajstić information content (AvgIpc) is 1.91. The van der Waals surface area contributed by atoms with Crippen molar-refractivity contribution in [1.82, 2.24) is 4.90 Å². The van der Waals surface area contributed by atoms with Crippen molar-refractivity contribution in [1.29, 1.82) is 0 Å². The number of hydrogen-bond acceptors (Lipinski definition) is 1. The molecule has 1 aliphatic heterocycles. The third kappa shape index (κ3) is 1.64. The number of hydrogen-bond donors (Lipinski definition) is 0. The summed E-state index contributed by atoms with van der Waals surface area (Å²) >= 11 is 0. The van der Waals surface area contributed by atoms with Gasteiger partial charge in [-0.1, -0.05) is 0 Å². The van der Waals surface area contributed by atoms with Gasteiger partial charge in [-0.3, -0.25) is 0 Å². The number of nitrogens with zero attached hydrogens (tertiary/aromatic N) is 1. The molecule has 0 aromatic rings. The molecule has 0 aliphatic carbocycles. The molecule has 50 valence electrons. The van der Waals surface area contributed by atoms with Crippen LogP contribution in [0.2, 0.25) is 0 Å². The quantitative estimate of drug-likeness (QED) is 0.487. The Bertz CT molecular complexity index is 57.5. The predicted octanol–water partition coefficient (Wildman–Crippen LogP) is 1.52. The van der Waals surface area contributed by atoms with E-state index in [1.807, 2.05) is 0 Å². The second-order valence-electron chi connectivity index (χ2n) is 2.47. The van der Waals surface area contributed by atoms with Crippen molar-refractivity contribution in [3.63, 3.8) is 0 Å². The zero-order valence-corrected chi connectivity index (χ0v) is 6.37. The summed E-state index contributed by atoms with van der Waals surface area (Å²) < 4.78 is 0. The predicted molar refractivity (Wildman–Crippen MR) is 38.6 cm³/mol. The van der Waals surface area contributed by atoms with E-state index in [1.165, 1.54) is 19.4 Å². The van der Waals surface area contributed by atoms with Crippen molar-refractivity contribution in [2.24, 2.45) is 0 Å². The molecule has 1 saturated heterocycles. The van der Waals surface area contributed by atoms with Gasteiger partial charge in [-0.15, -0.1) is 12.4 Å². The Labute approximate surface area is 57.5 Å². The van der Waals surface area contributed by atoms with Crippen LogP contribution in [0.1, 0.15) is 19.8 Å². The first-order valence-electron chi connectivity index (χ1n) is 3.01. The van der Waals surface area contributed by atoms with E-state index < -0.39 is 0 Å². The molecule has 0 amide bonds. The van der Waals surface area contributed by atoms with Gasteiger partial charge in [0.1, 0.15) is 0 Å². The smallest absolute Gasteiger partial charge is 0.00643 e. The lowest BCUT2D eigenvalue weighted by molar-refractivity contribution is 0.331. The zero-order chi connectivity index (χ0) is 5.28. The van der Waals surface area contributed by atoms with Crippen molar-refractivity contribution >= 4 is 12.4 Å². The highest BCUT2D eigenvalue weighted by molar-refractivity contribution is 5.85. The van der Waals surface area contributed by atoms with E-state index in [0.29, 0.717) is 0 Å². The van der Waals surface area contributed by atoms with Crippen molar-refractivity contribution in [2.75, 3.05) is 13.6 Å². The van der Waals surface area contributed by atoms with Gasteiger partial charge in [0, 0.05) is 6.04 Å². The van der Waals surface area contributed by atoms with Crippen LogP contribution in [0, 0.1) is 0 Å². The summed E-state index contributed by atoms with van der Waals surface area (Å²) in [5.74, 6) is 0. The van der Waals surface area contributed by atoms with Gasteiger partial charge in [-0.25, -0.2) is 0 Å². The fraction of sp³-hybridized carbons (Fsp3) is 1.00. The summed E-state index contributed by atoms with van der Waals surface area (Å²) in [4.78, 5) is 2.40. The lowest BCUT2D eigenvalue weighted by Crippen LogP contribution is -2.20. The summed E-state index contributed by atoms with van der Waals surface area (Å²) in [5, 5.41) is 0. The van der Waals surface area contributed by atoms with Gasteiger partial charge in [0.05, 0.1) is 0 Å². The van der Waals surface area contributed by atoms with E-state index in [1.54, 1.807) is 0 Å². The Hall–Kier alpha value is 0.250. The minimum absolute atomic E-state index is 0. The Morgan fingerprint density at radius 3 is 2.25 bits per heavy atom. The van der Waals surface area contributed by atoms with Crippen LogP contribution in [-0.4, -0.2) is 24.5 Å². The van der Waals surface area contributed by atoms with Crippen LogP contribution in [-0.2, 0) is 0 Å². The molecule has 8 heavy (non-hydrogen) atoms. The van der Waals surface area contributed by atoms with E-state index in [-0.39, 0.29) is 12.4 Å². The van der Waals surface area contributed by atoms with Crippen LogP contribution in [0.25, 0.3) is 0 Å². The van der Waals surface area contributed by atoms with Gasteiger partial charge >= 0.3 is 0 Å². The molecule has 0 aromatic heterocycles. The highest BCUT2D eigenvalue weighted by atomic mass is 35.5. The summed E-state index contributed by atoms with van der Waals surface area (Å²) in [5.41, 5.74) is 0. The van der Waals surface area contributed by atoms with E-state index in [2.05, 4.69) is 18.9 Å². The second kappa shape index (κ2) is 3.31. The second-order valence-corrected chi connectivity index (χ2v) is 2.47. The molecule has 1 fully saturated rings. The lowest BCUT2D eigenvalue weighted by atomic mass is 10.3. The minimum Gasteiger partial charge on any atom is -0.304 e. The normalized spacial score (nSPS) is 30.0. The van der Waals surface area contributed by atoms with Gasteiger partial charge in [0.25, 0.3) is 0 Å². The number of likely N-dealkylation sites (tertiary alicyclic amines) is 1. The molecule has 1 heterocycles. The third-order valence-corrected chi connectivity index (χ3v) is 1.89. The van der Waals surface area contributed by atoms with Crippen molar-refractivity contribution in [3.05, 3.63) is 0 Å². The van der Waals surface area contributed by atoms with Gasteiger partial charge in [0.2, 0.25) is 0 Å². The lowest BCUT2D eigenvalue weighted by Gasteiger charge is -2.12. The Morgan fingerprint density at radius 1 is 1.50 bits per heavy atom.